The first kappa shape index (κ1) is 18.5. The normalized spacial score (nSPS) is 11.0. The number of halogens is 2. The van der Waals surface area contributed by atoms with Gasteiger partial charge in [0.05, 0.1) is 18.3 Å². The highest BCUT2D eigenvalue weighted by Gasteiger charge is 2.17. The molecule has 0 radical (unpaired) electrons. The molecule has 0 fully saturated rings. The van der Waals surface area contributed by atoms with E-state index >= 15 is 0 Å². The number of rotatable bonds is 3. The van der Waals surface area contributed by atoms with E-state index in [0.29, 0.717) is 21.5 Å². The molecule has 0 saturated heterocycles. The summed E-state index contributed by atoms with van der Waals surface area (Å²) in [5.41, 5.74) is 3.39. The molecule has 6 heteroatoms. The van der Waals surface area contributed by atoms with Gasteiger partial charge in [-0.15, -0.1) is 0 Å². The predicted molar refractivity (Wildman–Crippen MR) is 114 cm³/mol. The summed E-state index contributed by atoms with van der Waals surface area (Å²) in [6.45, 7) is 0. The Labute approximate surface area is 171 Å². The third kappa shape index (κ3) is 3.15. The fraction of sp³-hybridized carbons (Fsp3) is 0.0909. The van der Waals surface area contributed by atoms with Gasteiger partial charge in [-0.05, 0) is 24.3 Å². The Morgan fingerprint density at radius 3 is 2.43 bits per heavy atom. The van der Waals surface area contributed by atoms with E-state index in [1.807, 2.05) is 42.5 Å². The molecule has 0 bridgehead atoms. The first-order chi connectivity index (χ1) is 13.5. The number of benzene rings is 3. The van der Waals surface area contributed by atoms with Gasteiger partial charge in [-0.3, -0.25) is 4.57 Å². The van der Waals surface area contributed by atoms with Crippen molar-refractivity contribution < 1.29 is 4.74 Å². The zero-order chi connectivity index (χ0) is 19.8. The fourth-order valence-corrected chi connectivity index (χ4v) is 3.66. The van der Waals surface area contributed by atoms with Crippen molar-refractivity contribution in [2.75, 3.05) is 7.11 Å². The molecule has 0 N–H and O–H groups in total. The lowest BCUT2D eigenvalue weighted by Crippen LogP contribution is -2.21. The standard InChI is InChI=1S/C22H16Cl2N2O2/c1-26-19-12-20(28-2)16(15-10-14(23)8-9-18(15)24)11-17(19)21(25-22(26)27)13-6-4-3-5-7-13/h3-12H,1-2H3. The summed E-state index contributed by atoms with van der Waals surface area (Å²) in [6.07, 6.45) is 0. The maximum Gasteiger partial charge on any atom is 0.348 e. The van der Waals surface area contributed by atoms with Crippen LogP contribution < -0.4 is 10.4 Å². The Kier molecular flexibility index (Phi) is 4.84. The second-order valence-corrected chi connectivity index (χ2v) is 7.21. The highest BCUT2D eigenvalue weighted by Crippen LogP contribution is 2.40. The zero-order valence-electron chi connectivity index (χ0n) is 15.2. The summed E-state index contributed by atoms with van der Waals surface area (Å²) in [6, 6.07) is 18.7. The van der Waals surface area contributed by atoms with Gasteiger partial charge in [0, 0.05) is 45.2 Å². The Morgan fingerprint density at radius 2 is 1.71 bits per heavy atom. The van der Waals surface area contributed by atoms with E-state index in [4.69, 9.17) is 27.9 Å². The van der Waals surface area contributed by atoms with Crippen molar-refractivity contribution in [1.82, 2.24) is 9.55 Å². The summed E-state index contributed by atoms with van der Waals surface area (Å²) >= 11 is 12.6. The van der Waals surface area contributed by atoms with Crippen molar-refractivity contribution in [3.63, 3.8) is 0 Å². The SMILES string of the molecule is COc1cc2c(cc1-c1cc(Cl)ccc1Cl)c(-c1ccccc1)nc(=O)n2C. The van der Waals surface area contributed by atoms with E-state index in [0.717, 1.165) is 27.6 Å². The Morgan fingerprint density at radius 1 is 0.964 bits per heavy atom. The average Bonchev–Trinajstić information content (AvgIpc) is 2.72. The molecule has 3 aromatic carbocycles. The molecular weight excluding hydrogens is 395 g/mol. The molecule has 4 rings (SSSR count). The lowest BCUT2D eigenvalue weighted by atomic mass is 9.99. The van der Waals surface area contributed by atoms with Crippen molar-refractivity contribution in [2.45, 2.75) is 0 Å². The van der Waals surface area contributed by atoms with Crippen molar-refractivity contribution in [1.29, 1.82) is 0 Å². The topological polar surface area (TPSA) is 44.1 Å². The molecule has 0 atom stereocenters. The van der Waals surface area contributed by atoms with Crippen molar-refractivity contribution in [3.8, 4) is 28.1 Å². The minimum Gasteiger partial charge on any atom is -0.496 e. The first-order valence-electron chi connectivity index (χ1n) is 8.59. The summed E-state index contributed by atoms with van der Waals surface area (Å²) in [5.74, 6) is 0.594. The van der Waals surface area contributed by atoms with E-state index in [-0.39, 0.29) is 5.69 Å². The van der Waals surface area contributed by atoms with E-state index in [9.17, 15) is 4.79 Å². The molecule has 0 aliphatic heterocycles. The van der Waals surface area contributed by atoms with Crippen LogP contribution in [0.15, 0.2) is 65.5 Å². The molecule has 0 aliphatic rings. The maximum atomic E-state index is 12.5. The van der Waals surface area contributed by atoms with Gasteiger partial charge >= 0.3 is 5.69 Å². The van der Waals surface area contributed by atoms with Crippen LogP contribution >= 0.6 is 23.2 Å². The van der Waals surface area contributed by atoms with Gasteiger partial charge in [0.2, 0.25) is 0 Å². The summed E-state index contributed by atoms with van der Waals surface area (Å²) in [7, 11) is 3.28. The van der Waals surface area contributed by atoms with Gasteiger partial charge in [-0.2, -0.15) is 4.98 Å². The van der Waals surface area contributed by atoms with Crippen LogP contribution in [0.1, 0.15) is 0 Å². The maximum absolute atomic E-state index is 12.5. The summed E-state index contributed by atoms with van der Waals surface area (Å²) < 4.78 is 7.11. The minimum absolute atomic E-state index is 0.332. The van der Waals surface area contributed by atoms with E-state index in [2.05, 4.69) is 4.98 Å². The summed E-state index contributed by atoms with van der Waals surface area (Å²) in [4.78, 5) is 16.8. The van der Waals surface area contributed by atoms with Crippen molar-refractivity contribution in [2.24, 2.45) is 7.05 Å². The van der Waals surface area contributed by atoms with E-state index in [1.54, 1.807) is 32.4 Å². The van der Waals surface area contributed by atoms with Crippen molar-refractivity contribution in [3.05, 3.63) is 81.2 Å². The largest absolute Gasteiger partial charge is 0.496 e. The third-order valence-corrected chi connectivity index (χ3v) is 5.26. The Balaban J connectivity index is 2.12. The molecule has 4 nitrogen and oxygen atoms in total. The number of nitrogens with zero attached hydrogens (tertiary/aromatic N) is 2. The third-order valence-electron chi connectivity index (χ3n) is 4.69. The van der Waals surface area contributed by atoms with Gasteiger partial charge in [0.1, 0.15) is 5.75 Å². The molecule has 28 heavy (non-hydrogen) atoms. The van der Waals surface area contributed by atoms with E-state index < -0.39 is 0 Å². The van der Waals surface area contributed by atoms with Crippen LogP contribution in [-0.4, -0.2) is 16.7 Å². The Hall–Kier alpha value is -2.82. The summed E-state index contributed by atoms with van der Waals surface area (Å²) in [5, 5.41) is 1.95. The molecule has 0 aliphatic carbocycles. The van der Waals surface area contributed by atoms with Gasteiger partial charge < -0.3 is 4.74 Å². The van der Waals surface area contributed by atoms with Crippen LogP contribution in [0, 0.1) is 0 Å². The molecule has 140 valence electrons. The van der Waals surface area contributed by atoms with E-state index in [1.165, 1.54) is 4.57 Å². The van der Waals surface area contributed by atoms with Crippen LogP contribution in [0.25, 0.3) is 33.3 Å². The molecule has 0 spiro atoms. The second kappa shape index (κ2) is 7.30. The lowest BCUT2D eigenvalue weighted by Gasteiger charge is -2.16. The molecular formula is C22H16Cl2N2O2. The quantitative estimate of drug-likeness (QED) is 0.442. The molecule has 1 aromatic heterocycles. The fourth-order valence-electron chi connectivity index (χ4n) is 3.27. The average molecular weight is 411 g/mol. The monoisotopic (exact) mass is 410 g/mol. The predicted octanol–water partition coefficient (Wildman–Crippen LogP) is 5.58. The number of aromatic nitrogens is 2. The number of hydrogen-bond donors (Lipinski definition) is 0. The Bertz CT molecular complexity index is 1250. The number of aryl methyl sites for hydroxylation is 1. The molecule has 0 amide bonds. The van der Waals surface area contributed by atoms with Crippen LogP contribution in [0.4, 0.5) is 0 Å². The van der Waals surface area contributed by atoms with Crippen molar-refractivity contribution >= 4 is 34.1 Å². The van der Waals surface area contributed by atoms with Crippen LogP contribution in [-0.2, 0) is 7.05 Å². The molecule has 0 unspecified atom stereocenters. The molecule has 1 heterocycles. The number of fused-ring (bicyclic) bond motifs is 1. The number of hydrogen-bond acceptors (Lipinski definition) is 3. The highest BCUT2D eigenvalue weighted by molar-refractivity contribution is 6.35. The minimum atomic E-state index is -0.332. The van der Waals surface area contributed by atoms with Crippen LogP contribution in [0.2, 0.25) is 10.0 Å². The zero-order valence-corrected chi connectivity index (χ0v) is 16.8. The first-order valence-corrected chi connectivity index (χ1v) is 9.35. The van der Waals surface area contributed by atoms with Gasteiger partial charge in [0.15, 0.2) is 0 Å². The van der Waals surface area contributed by atoms with Crippen LogP contribution in [0.3, 0.4) is 0 Å². The van der Waals surface area contributed by atoms with Gasteiger partial charge in [-0.25, -0.2) is 4.79 Å². The van der Waals surface area contributed by atoms with Gasteiger partial charge in [0.25, 0.3) is 0 Å². The van der Waals surface area contributed by atoms with Gasteiger partial charge in [-0.1, -0.05) is 53.5 Å². The molecule has 4 aromatic rings. The van der Waals surface area contributed by atoms with Crippen LogP contribution in [0.5, 0.6) is 5.75 Å². The highest BCUT2D eigenvalue weighted by atomic mass is 35.5. The smallest absolute Gasteiger partial charge is 0.348 e. The lowest BCUT2D eigenvalue weighted by molar-refractivity contribution is 0.417. The molecule has 0 saturated carbocycles. The number of ether oxygens (including phenoxy) is 1. The second-order valence-electron chi connectivity index (χ2n) is 6.36. The number of methoxy groups -OCH3 is 1.